The minimum absolute atomic E-state index is 0.0632. The third kappa shape index (κ3) is 5.54. The smallest absolute Gasteiger partial charge is 0.166 e. The van der Waals surface area contributed by atoms with Crippen LogP contribution in [0.3, 0.4) is 0 Å². The zero-order valence-electron chi connectivity index (χ0n) is 12.1. The summed E-state index contributed by atoms with van der Waals surface area (Å²) in [4.78, 5) is 12.4. The Bertz CT molecular complexity index is 387. The van der Waals surface area contributed by atoms with Gasteiger partial charge in [0.25, 0.3) is 0 Å². The Morgan fingerprint density at radius 3 is 2.42 bits per heavy atom. The lowest BCUT2D eigenvalue weighted by Gasteiger charge is -2.15. The van der Waals surface area contributed by atoms with Crippen LogP contribution in [0.5, 0.6) is 0 Å². The topological polar surface area (TPSA) is 17.1 Å². The molecule has 0 saturated carbocycles. The highest BCUT2D eigenvalue weighted by atomic mass is 19.1. The number of hydrogen-bond donors (Lipinski definition) is 0. The lowest BCUT2D eigenvalue weighted by molar-refractivity contribution is 0.0902. The van der Waals surface area contributed by atoms with Crippen LogP contribution in [-0.4, -0.2) is 5.78 Å². The standard InChI is InChI=1S/C17H25FO/c1-3-5-7-10-14(9-6-4-2)17(19)15-11-8-12-16(18)13-15/h8,11-14H,3-7,9-10H2,1-2H3. The highest BCUT2D eigenvalue weighted by molar-refractivity contribution is 5.97. The van der Waals surface area contributed by atoms with Gasteiger partial charge in [-0.15, -0.1) is 0 Å². The van der Waals surface area contributed by atoms with Gasteiger partial charge in [0.05, 0.1) is 0 Å². The predicted octanol–water partition coefficient (Wildman–Crippen LogP) is 5.40. The van der Waals surface area contributed by atoms with E-state index in [4.69, 9.17) is 0 Å². The van der Waals surface area contributed by atoms with Gasteiger partial charge in [0.2, 0.25) is 0 Å². The summed E-state index contributed by atoms with van der Waals surface area (Å²) in [6.07, 6.45) is 7.44. The predicted molar refractivity (Wildman–Crippen MR) is 77.9 cm³/mol. The monoisotopic (exact) mass is 264 g/mol. The maximum Gasteiger partial charge on any atom is 0.166 e. The summed E-state index contributed by atoms with van der Waals surface area (Å²) < 4.78 is 13.2. The Morgan fingerprint density at radius 1 is 1.11 bits per heavy atom. The van der Waals surface area contributed by atoms with Gasteiger partial charge < -0.3 is 0 Å². The molecule has 0 N–H and O–H groups in total. The number of ketones is 1. The molecular formula is C17H25FO. The van der Waals surface area contributed by atoms with Gasteiger partial charge in [0.1, 0.15) is 5.82 Å². The molecular weight excluding hydrogens is 239 g/mol. The molecule has 0 aliphatic carbocycles. The molecule has 0 spiro atoms. The second-order valence-corrected chi connectivity index (χ2v) is 5.21. The van der Waals surface area contributed by atoms with E-state index in [-0.39, 0.29) is 17.5 Å². The van der Waals surface area contributed by atoms with Gasteiger partial charge in [-0.05, 0) is 25.0 Å². The van der Waals surface area contributed by atoms with Crippen LogP contribution in [0.1, 0.15) is 69.2 Å². The van der Waals surface area contributed by atoms with Gasteiger partial charge in [-0.2, -0.15) is 0 Å². The molecule has 1 unspecified atom stereocenters. The van der Waals surface area contributed by atoms with Crippen molar-refractivity contribution in [3.63, 3.8) is 0 Å². The summed E-state index contributed by atoms with van der Waals surface area (Å²) >= 11 is 0. The number of hydrogen-bond acceptors (Lipinski definition) is 1. The maximum atomic E-state index is 13.2. The fourth-order valence-corrected chi connectivity index (χ4v) is 2.38. The van der Waals surface area contributed by atoms with Crippen LogP contribution < -0.4 is 0 Å². The van der Waals surface area contributed by atoms with Gasteiger partial charge in [0.15, 0.2) is 5.78 Å². The molecule has 1 aromatic rings. The third-order valence-electron chi connectivity index (χ3n) is 3.54. The van der Waals surface area contributed by atoms with Crippen molar-refractivity contribution in [3.8, 4) is 0 Å². The quantitative estimate of drug-likeness (QED) is 0.431. The average molecular weight is 264 g/mol. The van der Waals surface area contributed by atoms with Crippen LogP contribution in [-0.2, 0) is 0 Å². The number of carbonyl (C=O) groups is 1. The Labute approximate surface area is 116 Å². The van der Waals surface area contributed by atoms with E-state index in [2.05, 4.69) is 13.8 Å². The molecule has 0 bridgehead atoms. The Morgan fingerprint density at radius 2 is 1.79 bits per heavy atom. The number of unbranched alkanes of at least 4 members (excludes halogenated alkanes) is 3. The Balaban J connectivity index is 2.69. The molecule has 1 atom stereocenters. The first-order chi connectivity index (χ1) is 9.19. The molecule has 1 aromatic carbocycles. The summed E-state index contributed by atoms with van der Waals surface area (Å²) in [5, 5.41) is 0. The number of rotatable bonds is 9. The van der Waals surface area contributed by atoms with E-state index in [1.165, 1.54) is 18.6 Å². The summed E-state index contributed by atoms with van der Waals surface area (Å²) in [6.45, 7) is 4.30. The average Bonchev–Trinajstić information content (AvgIpc) is 2.42. The first-order valence-corrected chi connectivity index (χ1v) is 7.48. The van der Waals surface area contributed by atoms with E-state index >= 15 is 0 Å². The summed E-state index contributed by atoms with van der Waals surface area (Å²) in [5.74, 6) is -0.147. The summed E-state index contributed by atoms with van der Waals surface area (Å²) in [5.41, 5.74) is 0.526. The SMILES string of the molecule is CCCCCC(CCCC)C(=O)c1cccc(F)c1. The van der Waals surface area contributed by atoms with Crippen molar-refractivity contribution >= 4 is 5.78 Å². The molecule has 0 aliphatic heterocycles. The first-order valence-electron chi connectivity index (χ1n) is 7.48. The molecule has 0 radical (unpaired) electrons. The number of Topliss-reactive ketones (excluding diaryl/α,β-unsaturated/α-hetero) is 1. The number of halogens is 1. The van der Waals surface area contributed by atoms with Gasteiger partial charge in [0, 0.05) is 11.5 Å². The fraction of sp³-hybridized carbons (Fsp3) is 0.588. The highest BCUT2D eigenvalue weighted by Crippen LogP contribution is 2.22. The highest BCUT2D eigenvalue weighted by Gasteiger charge is 2.19. The van der Waals surface area contributed by atoms with E-state index in [1.807, 2.05) is 0 Å². The van der Waals surface area contributed by atoms with Gasteiger partial charge >= 0.3 is 0 Å². The summed E-state index contributed by atoms with van der Waals surface area (Å²) in [6, 6.07) is 6.09. The molecule has 2 heteroatoms. The molecule has 1 nitrogen and oxygen atoms in total. The summed E-state index contributed by atoms with van der Waals surface area (Å²) in [7, 11) is 0. The van der Waals surface area contributed by atoms with Crippen molar-refractivity contribution in [2.45, 2.75) is 58.8 Å². The van der Waals surface area contributed by atoms with Crippen LogP contribution in [0, 0.1) is 11.7 Å². The van der Waals surface area contributed by atoms with Crippen molar-refractivity contribution in [2.75, 3.05) is 0 Å². The van der Waals surface area contributed by atoms with Crippen molar-refractivity contribution in [3.05, 3.63) is 35.6 Å². The normalized spacial score (nSPS) is 12.4. The minimum atomic E-state index is -0.325. The zero-order chi connectivity index (χ0) is 14.1. The zero-order valence-corrected chi connectivity index (χ0v) is 12.1. The number of benzene rings is 1. The Kier molecular flexibility index (Phi) is 7.39. The fourth-order valence-electron chi connectivity index (χ4n) is 2.38. The van der Waals surface area contributed by atoms with E-state index < -0.39 is 0 Å². The van der Waals surface area contributed by atoms with Gasteiger partial charge in [-0.1, -0.05) is 58.1 Å². The lowest BCUT2D eigenvalue weighted by Crippen LogP contribution is -2.15. The Hall–Kier alpha value is -1.18. The third-order valence-corrected chi connectivity index (χ3v) is 3.54. The van der Waals surface area contributed by atoms with E-state index in [9.17, 15) is 9.18 Å². The molecule has 0 aliphatic rings. The minimum Gasteiger partial charge on any atom is -0.294 e. The van der Waals surface area contributed by atoms with Crippen LogP contribution in [0.2, 0.25) is 0 Å². The molecule has 106 valence electrons. The molecule has 0 heterocycles. The van der Waals surface area contributed by atoms with Crippen LogP contribution in [0.15, 0.2) is 24.3 Å². The molecule has 0 aromatic heterocycles. The lowest BCUT2D eigenvalue weighted by atomic mass is 9.88. The molecule has 0 fully saturated rings. The van der Waals surface area contributed by atoms with Crippen LogP contribution >= 0.6 is 0 Å². The second-order valence-electron chi connectivity index (χ2n) is 5.21. The molecule has 1 rings (SSSR count). The van der Waals surface area contributed by atoms with Crippen molar-refractivity contribution in [2.24, 2.45) is 5.92 Å². The van der Waals surface area contributed by atoms with Crippen molar-refractivity contribution in [1.82, 2.24) is 0 Å². The maximum absolute atomic E-state index is 13.2. The molecule has 19 heavy (non-hydrogen) atoms. The number of carbonyl (C=O) groups excluding carboxylic acids is 1. The van der Waals surface area contributed by atoms with E-state index in [0.717, 1.165) is 38.5 Å². The largest absolute Gasteiger partial charge is 0.294 e. The second kappa shape index (κ2) is 8.84. The van der Waals surface area contributed by atoms with Gasteiger partial charge in [-0.25, -0.2) is 4.39 Å². The molecule has 0 amide bonds. The van der Waals surface area contributed by atoms with E-state index in [1.54, 1.807) is 12.1 Å². The van der Waals surface area contributed by atoms with E-state index in [0.29, 0.717) is 5.56 Å². The van der Waals surface area contributed by atoms with Crippen molar-refractivity contribution < 1.29 is 9.18 Å². The molecule has 0 saturated heterocycles. The van der Waals surface area contributed by atoms with Crippen LogP contribution in [0.4, 0.5) is 4.39 Å². The van der Waals surface area contributed by atoms with Crippen molar-refractivity contribution in [1.29, 1.82) is 0 Å². The van der Waals surface area contributed by atoms with Gasteiger partial charge in [-0.3, -0.25) is 4.79 Å². The first kappa shape index (κ1) is 15.9. The van der Waals surface area contributed by atoms with Crippen LogP contribution in [0.25, 0.3) is 0 Å².